The van der Waals surface area contributed by atoms with Crippen LogP contribution in [0, 0.1) is 5.92 Å². The molecule has 2 heterocycles. The lowest BCUT2D eigenvalue weighted by Crippen LogP contribution is -2.51. The smallest absolute Gasteiger partial charge is 0.436 e. The molecule has 1 aliphatic rings. The van der Waals surface area contributed by atoms with Crippen LogP contribution < -0.4 is 15.8 Å². The molecule has 1 saturated heterocycles. The van der Waals surface area contributed by atoms with E-state index in [0.717, 1.165) is 17.7 Å². The van der Waals surface area contributed by atoms with Gasteiger partial charge in [0, 0.05) is 25.7 Å². The van der Waals surface area contributed by atoms with E-state index in [1.807, 2.05) is 18.2 Å². The molecule has 1 fully saturated rings. The second kappa shape index (κ2) is 16.5. The predicted molar refractivity (Wildman–Crippen MR) is 139 cm³/mol. The largest absolute Gasteiger partial charge is 0.487 e. The Kier molecular flexibility index (Phi) is 13.4. The predicted octanol–water partition coefficient (Wildman–Crippen LogP) is 1.29. The summed E-state index contributed by atoms with van der Waals surface area (Å²) in [5.41, 5.74) is 7.02. The fourth-order valence-electron chi connectivity index (χ4n) is 3.43. The zero-order valence-corrected chi connectivity index (χ0v) is 21.4. The Labute approximate surface area is 218 Å². The number of carboxylic acid groups (broad SMARTS) is 1. The molecule has 5 N–H and O–H groups in total. The lowest BCUT2D eigenvalue weighted by Gasteiger charge is -2.28. The fourth-order valence-corrected chi connectivity index (χ4v) is 3.43. The summed E-state index contributed by atoms with van der Waals surface area (Å²) in [5, 5.41) is 20.3. The van der Waals surface area contributed by atoms with Crippen molar-refractivity contribution in [1.29, 1.82) is 0 Å². The minimum Gasteiger partial charge on any atom is -0.487 e. The van der Waals surface area contributed by atoms with Gasteiger partial charge in [-0.25, -0.2) is 9.59 Å². The number of nitrogens with zero attached hydrogens (tertiary/aromatic N) is 2. The van der Waals surface area contributed by atoms with Gasteiger partial charge in [0.25, 0.3) is 0 Å². The summed E-state index contributed by atoms with van der Waals surface area (Å²) in [7, 11) is -0.284. The first-order valence-corrected chi connectivity index (χ1v) is 12.2. The lowest BCUT2D eigenvalue weighted by molar-refractivity contribution is -0.139. The number of aliphatic carboxylic acids is 1. The van der Waals surface area contributed by atoms with Crippen LogP contribution in [0.25, 0.3) is 0 Å². The number of amides is 2. The van der Waals surface area contributed by atoms with Crippen molar-refractivity contribution in [2.75, 3.05) is 26.3 Å². The van der Waals surface area contributed by atoms with Crippen molar-refractivity contribution >= 4 is 19.7 Å². The molecule has 12 heteroatoms. The number of carbonyl (C=O) groups is 2. The standard InChI is InChI=1S/C20H23N3O5.C5H14BNO2/c24-19(25)18(22-20(26)23-9-11-27-12-10-23)13-15-4-6-17(7-5-15)28-14-16-3-1-2-8-21-16;1-4(2)3-5(7)9-6-8/h1-8,18H,9-14H2,(H,22,26)(H,24,25);4-6,8H,3,7H2,1-2H3/t18-;5-/m01/s1. The van der Waals surface area contributed by atoms with E-state index < -0.39 is 12.0 Å². The highest BCUT2D eigenvalue weighted by molar-refractivity contribution is 6.15. The lowest BCUT2D eigenvalue weighted by atomic mass is 10.1. The van der Waals surface area contributed by atoms with Gasteiger partial charge in [0.15, 0.2) is 0 Å². The molecule has 3 rings (SSSR count). The first kappa shape index (κ1) is 30.0. The van der Waals surface area contributed by atoms with Crippen molar-refractivity contribution in [3.05, 3.63) is 59.9 Å². The van der Waals surface area contributed by atoms with E-state index in [1.54, 1.807) is 35.4 Å². The van der Waals surface area contributed by atoms with Gasteiger partial charge in [-0.15, -0.1) is 0 Å². The number of nitrogens with two attached hydrogens (primary N) is 1. The summed E-state index contributed by atoms with van der Waals surface area (Å²) >= 11 is 0. The first-order valence-electron chi connectivity index (χ1n) is 12.2. The van der Waals surface area contributed by atoms with Crippen molar-refractivity contribution in [3.63, 3.8) is 0 Å². The van der Waals surface area contributed by atoms with Crippen LogP contribution >= 0.6 is 0 Å². The first-order chi connectivity index (χ1) is 17.8. The second-order valence-electron chi connectivity index (χ2n) is 8.86. The molecular formula is C25H37BN4O7. The average Bonchev–Trinajstić information content (AvgIpc) is 2.89. The van der Waals surface area contributed by atoms with Crippen LogP contribution in [0.5, 0.6) is 5.75 Å². The molecule has 0 unspecified atom stereocenters. The van der Waals surface area contributed by atoms with Crippen molar-refractivity contribution in [3.8, 4) is 5.75 Å². The maximum atomic E-state index is 12.2. The average molecular weight is 516 g/mol. The number of aromatic nitrogens is 1. The van der Waals surface area contributed by atoms with Gasteiger partial charge >= 0.3 is 19.7 Å². The highest BCUT2D eigenvalue weighted by Gasteiger charge is 2.24. The van der Waals surface area contributed by atoms with Crippen LogP contribution in [-0.4, -0.2) is 78.3 Å². The van der Waals surface area contributed by atoms with Crippen molar-refractivity contribution in [2.24, 2.45) is 11.7 Å². The molecular weight excluding hydrogens is 479 g/mol. The molecule has 1 aliphatic heterocycles. The van der Waals surface area contributed by atoms with Gasteiger partial charge in [-0.3, -0.25) is 4.98 Å². The highest BCUT2D eigenvalue weighted by Crippen LogP contribution is 2.15. The zero-order chi connectivity index (χ0) is 27.0. The van der Waals surface area contributed by atoms with Crippen molar-refractivity contribution in [2.45, 2.75) is 45.6 Å². The molecule has 0 spiro atoms. The van der Waals surface area contributed by atoms with Gasteiger partial charge in [-0.2, -0.15) is 0 Å². The quantitative estimate of drug-likeness (QED) is 0.255. The third kappa shape index (κ3) is 12.1. The Balaban J connectivity index is 0.000000458. The number of ether oxygens (including phenoxy) is 2. The third-order valence-electron chi connectivity index (χ3n) is 5.36. The number of nitrogens with one attached hydrogen (secondary N) is 1. The van der Waals surface area contributed by atoms with Crippen LogP contribution in [0.3, 0.4) is 0 Å². The molecule has 37 heavy (non-hydrogen) atoms. The van der Waals surface area contributed by atoms with Crippen molar-refractivity contribution in [1.82, 2.24) is 15.2 Å². The van der Waals surface area contributed by atoms with Crippen LogP contribution in [0.1, 0.15) is 31.5 Å². The maximum Gasteiger partial charge on any atom is 0.436 e. The molecule has 2 aromatic rings. The monoisotopic (exact) mass is 516 g/mol. The zero-order valence-electron chi connectivity index (χ0n) is 21.4. The summed E-state index contributed by atoms with van der Waals surface area (Å²) in [4.78, 5) is 29.6. The minimum absolute atomic E-state index is 0.186. The molecule has 2 amide bonds. The molecule has 0 bridgehead atoms. The molecule has 202 valence electrons. The van der Waals surface area contributed by atoms with Crippen LogP contribution in [-0.2, 0) is 27.2 Å². The summed E-state index contributed by atoms with van der Waals surface area (Å²) in [6.45, 7) is 6.31. The number of urea groups is 1. The Morgan fingerprint density at radius 3 is 2.46 bits per heavy atom. The maximum absolute atomic E-state index is 12.2. The van der Waals surface area contributed by atoms with Crippen LogP contribution in [0.2, 0.25) is 0 Å². The Morgan fingerprint density at radius 2 is 1.89 bits per heavy atom. The molecule has 2 atom stereocenters. The SMILES string of the molecule is CC(C)C[C@H](N)OBO.O=C(O)[C@H](Cc1ccc(OCc2ccccn2)cc1)NC(=O)N1CCOCC1. The number of morpholine rings is 1. The Hall–Kier alpha value is -3.19. The van der Waals surface area contributed by atoms with E-state index in [2.05, 4.69) is 28.8 Å². The molecule has 0 radical (unpaired) electrons. The van der Waals surface area contributed by atoms with Gasteiger partial charge in [-0.1, -0.05) is 32.0 Å². The number of pyridine rings is 1. The van der Waals surface area contributed by atoms with E-state index in [9.17, 15) is 14.7 Å². The summed E-state index contributed by atoms with van der Waals surface area (Å²) in [5.74, 6) is 0.113. The molecule has 1 aromatic carbocycles. The van der Waals surface area contributed by atoms with E-state index in [-0.39, 0.29) is 26.4 Å². The number of carboxylic acids is 1. The normalized spacial score (nSPS) is 14.7. The van der Waals surface area contributed by atoms with Gasteiger partial charge in [-0.05, 0) is 42.2 Å². The van der Waals surface area contributed by atoms with E-state index >= 15 is 0 Å². The minimum atomic E-state index is -1.07. The van der Waals surface area contributed by atoms with Gasteiger partial charge in [0.2, 0.25) is 0 Å². The van der Waals surface area contributed by atoms with E-state index in [0.29, 0.717) is 44.6 Å². The second-order valence-corrected chi connectivity index (χ2v) is 8.86. The molecule has 11 nitrogen and oxygen atoms in total. The van der Waals surface area contributed by atoms with E-state index in [4.69, 9.17) is 20.2 Å². The van der Waals surface area contributed by atoms with Crippen LogP contribution in [0.4, 0.5) is 4.79 Å². The number of hydrogen-bond acceptors (Lipinski definition) is 8. The Bertz CT molecular complexity index is 928. The summed E-state index contributed by atoms with van der Waals surface area (Å²) in [6.07, 6.45) is 2.38. The molecule has 0 saturated carbocycles. The summed E-state index contributed by atoms with van der Waals surface area (Å²) in [6, 6.07) is 11.4. The third-order valence-corrected chi connectivity index (χ3v) is 5.36. The van der Waals surface area contributed by atoms with Crippen molar-refractivity contribution < 1.29 is 33.8 Å². The topological polar surface area (TPSA) is 156 Å². The van der Waals surface area contributed by atoms with Crippen LogP contribution in [0.15, 0.2) is 48.7 Å². The summed E-state index contributed by atoms with van der Waals surface area (Å²) < 4.78 is 15.6. The Morgan fingerprint density at radius 1 is 1.19 bits per heavy atom. The number of benzene rings is 1. The van der Waals surface area contributed by atoms with E-state index in [1.165, 1.54) is 0 Å². The molecule has 1 aromatic heterocycles. The molecule has 0 aliphatic carbocycles. The van der Waals surface area contributed by atoms with Gasteiger partial charge < -0.3 is 40.2 Å². The number of rotatable bonds is 11. The fraction of sp³-hybridized carbons (Fsp3) is 0.480. The number of carbonyl (C=O) groups excluding carboxylic acids is 1. The highest BCUT2D eigenvalue weighted by atomic mass is 16.5. The van der Waals surface area contributed by atoms with Gasteiger partial charge in [0.1, 0.15) is 18.4 Å². The van der Waals surface area contributed by atoms with Gasteiger partial charge in [0.05, 0.1) is 25.1 Å². The number of hydrogen-bond donors (Lipinski definition) is 4.